The van der Waals surface area contributed by atoms with Crippen LogP contribution < -0.4 is 5.73 Å². The van der Waals surface area contributed by atoms with Crippen molar-refractivity contribution < 1.29 is 4.79 Å². The number of aromatic nitrogens is 2. The molecule has 0 bridgehead atoms. The lowest BCUT2D eigenvalue weighted by atomic mass is 10.1. The molecule has 0 saturated carbocycles. The third-order valence-electron chi connectivity index (χ3n) is 4.69. The number of nitrogens with zero attached hydrogens (tertiary/aromatic N) is 3. The van der Waals surface area contributed by atoms with E-state index in [1.54, 1.807) is 4.68 Å². The van der Waals surface area contributed by atoms with Crippen LogP contribution in [0.25, 0.3) is 16.9 Å². The summed E-state index contributed by atoms with van der Waals surface area (Å²) in [5.74, 6) is 1.42. The van der Waals surface area contributed by atoms with Gasteiger partial charge in [-0.25, -0.2) is 4.68 Å². The molecule has 0 atom stereocenters. The molecule has 2 aromatic carbocycles. The van der Waals surface area contributed by atoms with Gasteiger partial charge in [0.2, 0.25) is 0 Å². The van der Waals surface area contributed by atoms with Gasteiger partial charge in [0.25, 0.3) is 5.91 Å². The minimum Gasteiger partial charge on any atom is -0.384 e. The molecule has 1 amide bonds. The summed E-state index contributed by atoms with van der Waals surface area (Å²) in [4.78, 5) is 15.0. The van der Waals surface area contributed by atoms with Crippen molar-refractivity contribution in [2.24, 2.45) is 11.8 Å². The van der Waals surface area contributed by atoms with Gasteiger partial charge in [0.05, 0.1) is 11.4 Å². The topological polar surface area (TPSA) is 64.2 Å². The Morgan fingerprint density at radius 2 is 1.57 bits per heavy atom. The Morgan fingerprint density at radius 1 is 1.00 bits per heavy atom. The highest BCUT2D eigenvalue weighted by molar-refractivity contribution is 6.30. The fourth-order valence-electron chi connectivity index (χ4n) is 3.41. The number of hydrogen-bond donors (Lipinski definition) is 1. The number of benzene rings is 2. The molecule has 158 valence electrons. The first-order valence-corrected chi connectivity index (χ1v) is 10.6. The smallest absolute Gasteiger partial charge is 0.253 e. The van der Waals surface area contributed by atoms with Crippen LogP contribution in [-0.2, 0) is 0 Å². The van der Waals surface area contributed by atoms with Crippen LogP contribution in [0.2, 0.25) is 5.02 Å². The Balaban J connectivity index is 1.83. The van der Waals surface area contributed by atoms with Crippen molar-refractivity contribution in [3.05, 3.63) is 65.2 Å². The fourth-order valence-corrected chi connectivity index (χ4v) is 3.54. The Morgan fingerprint density at radius 3 is 2.10 bits per heavy atom. The van der Waals surface area contributed by atoms with Crippen molar-refractivity contribution in [1.82, 2.24) is 14.7 Å². The summed E-state index contributed by atoms with van der Waals surface area (Å²) in [6.07, 6.45) is 0. The van der Waals surface area contributed by atoms with Gasteiger partial charge >= 0.3 is 0 Å². The molecule has 0 aliphatic heterocycles. The van der Waals surface area contributed by atoms with Gasteiger partial charge in [-0.3, -0.25) is 4.79 Å². The second-order valence-corrected chi connectivity index (χ2v) is 8.85. The molecule has 0 aliphatic rings. The molecule has 0 spiro atoms. The highest BCUT2D eigenvalue weighted by Gasteiger charge is 2.18. The lowest BCUT2D eigenvalue weighted by Gasteiger charge is -2.26. The van der Waals surface area contributed by atoms with Gasteiger partial charge < -0.3 is 10.6 Å². The van der Waals surface area contributed by atoms with Crippen LogP contribution in [0.3, 0.4) is 0 Å². The van der Waals surface area contributed by atoms with Gasteiger partial charge in [-0.2, -0.15) is 5.10 Å². The first-order chi connectivity index (χ1) is 14.2. The van der Waals surface area contributed by atoms with Gasteiger partial charge in [0.1, 0.15) is 5.82 Å². The van der Waals surface area contributed by atoms with Gasteiger partial charge in [0, 0.05) is 35.3 Å². The fraction of sp³-hybridized carbons (Fsp3) is 0.333. The SMILES string of the molecule is CC(C)CN(CC(C)C)C(=O)c1ccc(-n2nc(-c3ccc(Cl)cc3)cc2N)cc1. The Hall–Kier alpha value is -2.79. The summed E-state index contributed by atoms with van der Waals surface area (Å²) >= 11 is 5.97. The normalized spacial score (nSPS) is 11.3. The molecular formula is C24H29ClN4O. The standard InChI is InChI=1S/C24H29ClN4O/c1-16(2)14-28(15-17(3)4)24(30)19-7-11-21(12-8-19)29-23(26)13-22(27-29)18-5-9-20(25)10-6-18/h5-13,16-17H,14-15,26H2,1-4H3. The van der Waals surface area contributed by atoms with Crippen molar-refractivity contribution in [3.8, 4) is 16.9 Å². The number of hydrogen-bond acceptors (Lipinski definition) is 3. The van der Waals surface area contributed by atoms with Crippen molar-refractivity contribution in [1.29, 1.82) is 0 Å². The average molecular weight is 425 g/mol. The maximum absolute atomic E-state index is 13.0. The molecule has 6 heteroatoms. The third kappa shape index (κ3) is 5.22. The minimum absolute atomic E-state index is 0.0549. The zero-order valence-electron chi connectivity index (χ0n) is 18.0. The van der Waals surface area contributed by atoms with E-state index in [4.69, 9.17) is 17.3 Å². The van der Waals surface area contributed by atoms with Crippen molar-refractivity contribution in [3.63, 3.8) is 0 Å². The van der Waals surface area contributed by atoms with Crippen LogP contribution in [-0.4, -0.2) is 33.7 Å². The molecule has 5 nitrogen and oxygen atoms in total. The number of nitrogen functional groups attached to an aromatic ring is 1. The van der Waals surface area contributed by atoms with E-state index in [-0.39, 0.29) is 5.91 Å². The molecule has 2 N–H and O–H groups in total. The van der Waals surface area contributed by atoms with Gasteiger partial charge in [-0.05, 0) is 48.2 Å². The number of nitrogens with two attached hydrogens (primary N) is 1. The van der Waals surface area contributed by atoms with E-state index in [2.05, 4.69) is 32.8 Å². The van der Waals surface area contributed by atoms with Gasteiger partial charge in [0.15, 0.2) is 0 Å². The molecule has 3 rings (SSSR count). The minimum atomic E-state index is 0.0549. The molecular weight excluding hydrogens is 396 g/mol. The van der Waals surface area contributed by atoms with Crippen LogP contribution in [0.4, 0.5) is 5.82 Å². The quantitative estimate of drug-likeness (QED) is 0.542. The third-order valence-corrected chi connectivity index (χ3v) is 4.95. The number of anilines is 1. The van der Waals surface area contributed by atoms with Crippen LogP contribution >= 0.6 is 11.6 Å². The number of rotatable bonds is 7. The number of halogens is 1. The summed E-state index contributed by atoms with van der Waals surface area (Å²) in [5, 5.41) is 5.30. The van der Waals surface area contributed by atoms with Gasteiger partial charge in [-0.1, -0.05) is 51.4 Å². The lowest BCUT2D eigenvalue weighted by molar-refractivity contribution is 0.0715. The Kier molecular flexibility index (Phi) is 6.83. The molecule has 0 fully saturated rings. The Labute approximate surface area is 183 Å². The molecule has 3 aromatic rings. The first-order valence-electron chi connectivity index (χ1n) is 10.3. The van der Waals surface area contributed by atoms with Gasteiger partial charge in [-0.15, -0.1) is 0 Å². The molecule has 0 radical (unpaired) electrons. The number of carbonyl (C=O) groups excluding carboxylic acids is 1. The highest BCUT2D eigenvalue weighted by Crippen LogP contribution is 2.24. The molecule has 0 aliphatic carbocycles. The Bertz CT molecular complexity index is 981. The van der Waals surface area contributed by atoms with Crippen LogP contribution in [0.5, 0.6) is 0 Å². The second-order valence-electron chi connectivity index (χ2n) is 8.42. The van der Waals surface area contributed by atoms with Crippen molar-refractivity contribution in [2.75, 3.05) is 18.8 Å². The molecule has 0 saturated heterocycles. The first kappa shape index (κ1) is 21.9. The maximum Gasteiger partial charge on any atom is 0.253 e. The van der Waals surface area contributed by atoms with E-state index in [0.717, 1.165) is 30.0 Å². The predicted octanol–water partition coefficient (Wildman–Crippen LogP) is 5.53. The zero-order valence-corrected chi connectivity index (χ0v) is 18.7. The highest BCUT2D eigenvalue weighted by atomic mass is 35.5. The van der Waals surface area contributed by atoms with E-state index in [1.165, 1.54) is 0 Å². The summed E-state index contributed by atoms with van der Waals surface area (Å²) in [6, 6.07) is 16.7. The largest absolute Gasteiger partial charge is 0.384 e. The molecule has 1 heterocycles. The van der Waals surface area contributed by atoms with Crippen LogP contribution in [0.15, 0.2) is 54.6 Å². The van der Waals surface area contributed by atoms with E-state index >= 15 is 0 Å². The summed E-state index contributed by atoms with van der Waals surface area (Å²) < 4.78 is 1.68. The predicted molar refractivity (Wildman–Crippen MR) is 124 cm³/mol. The van der Waals surface area contributed by atoms with Crippen molar-refractivity contribution in [2.45, 2.75) is 27.7 Å². The van der Waals surface area contributed by atoms with Crippen molar-refractivity contribution >= 4 is 23.3 Å². The zero-order chi connectivity index (χ0) is 21.8. The van der Waals surface area contributed by atoms with E-state index in [1.807, 2.05) is 59.5 Å². The van der Waals surface area contributed by atoms with E-state index < -0.39 is 0 Å². The number of carbonyl (C=O) groups is 1. The lowest BCUT2D eigenvalue weighted by Crippen LogP contribution is -2.37. The summed E-state index contributed by atoms with van der Waals surface area (Å²) in [7, 11) is 0. The second kappa shape index (κ2) is 9.35. The van der Waals surface area contributed by atoms with Crippen LogP contribution in [0.1, 0.15) is 38.1 Å². The summed E-state index contributed by atoms with van der Waals surface area (Å²) in [6.45, 7) is 10.0. The molecule has 0 unspecified atom stereocenters. The summed E-state index contributed by atoms with van der Waals surface area (Å²) in [5.41, 5.74) is 9.38. The number of amides is 1. The maximum atomic E-state index is 13.0. The monoisotopic (exact) mass is 424 g/mol. The van der Waals surface area contributed by atoms with E-state index in [0.29, 0.717) is 28.2 Å². The average Bonchev–Trinajstić information content (AvgIpc) is 3.08. The van der Waals surface area contributed by atoms with Crippen LogP contribution in [0, 0.1) is 11.8 Å². The van der Waals surface area contributed by atoms with E-state index in [9.17, 15) is 4.79 Å². The molecule has 30 heavy (non-hydrogen) atoms. The molecule has 1 aromatic heterocycles.